The Morgan fingerprint density at radius 3 is 2.69 bits per heavy atom. The number of carbonyl (C=O) groups is 1. The number of benzene rings is 1. The molecule has 0 N–H and O–H groups in total. The van der Waals surface area contributed by atoms with Gasteiger partial charge in [-0.05, 0) is 50.1 Å². The molecular formula is C20H23N5O. The lowest BCUT2D eigenvalue weighted by molar-refractivity contribution is 0.0731. The summed E-state index contributed by atoms with van der Waals surface area (Å²) >= 11 is 0. The van der Waals surface area contributed by atoms with Gasteiger partial charge in [-0.3, -0.25) is 4.79 Å². The van der Waals surface area contributed by atoms with E-state index in [-0.39, 0.29) is 11.9 Å². The summed E-state index contributed by atoms with van der Waals surface area (Å²) in [7, 11) is 3.99. The second-order valence-electron chi connectivity index (χ2n) is 7.02. The maximum absolute atomic E-state index is 13.1. The van der Waals surface area contributed by atoms with E-state index in [0.717, 1.165) is 47.7 Å². The fourth-order valence-electron chi connectivity index (χ4n) is 3.67. The zero-order valence-corrected chi connectivity index (χ0v) is 15.4. The molecule has 1 amide bonds. The van der Waals surface area contributed by atoms with Gasteiger partial charge in [0.2, 0.25) is 0 Å². The summed E-state index contributed by atoms with van der Waals surface area (Å²) in [6.45, 7) is 2.73. The highest BCUT2D eigenvalue weighted by atomic mass is 16.2. The molecule has 0 aliphatic carbocycles. The van der Waals surface area contributed by atoms with Gasteiger partial charge in [-0.1, -0.05) is 0 Å². The zero-order chi connectivity index (χ0) is 18.3. The summed E-state index contributed by atoms with van der Waals surface area (Å²) in [5, 5.41) is 4.57. The molecule has 1 aliphatic heterocycles. The molecule has 0 saturated carbocycles. The minimum atomic E-state index is 0.0285. The largest absolute Gasteiger partial charge is 0.378 e. The summed E-state index contributed by atoms with van der Waals surface area (Å²) in [5.41, 5.74) is 4.60. The van der Waals surface area contributed by atoms with Crippen LogP contribution in [0.15, 0.2) is 42.6 Å². The lowest BCUT2D eigenvalue weighted by Crippen LogP contribution is -2.31. The van der Waals surface area contributed by atoms with Gasteiger partial charge in [-0.25, -0.2) is 9.50 Å². The van der Waals surface area contributed by atoms with Crippen LogP contribution >= 0.6 is 0 Å². The van der Waals surface area contributed by atoms with Gasteiger partial charge in [-0.2, -0.15) is 5.10 Å². The maximum atomic E-state index is 13.1. The van der Waals surface area contributed by atoms with Gasteiger partial charge >= 0.3 is 0 Å². The van der Waals surface area contributed by atoms with Crippen LogP contribution < -0.4 is 4.90 Å². The highest BCUT2D eigenvalue weighted by Gasteiger charge is 2.32. The first-order valence-electron chi connectivity index (χ1n) is 8.94. The predicted octanol–water partition coefficient (Wildman–Crippen LogP) is 3.08. The first kappa shape index (κ1) is 16.6. The zero-order valence-electron chi connectivity index (χ0n) is 15.4. The molecule has 0 unspecified atom stereocenters. The maximum Gasteiger partial charge on any atom is 0.254 e. The molecule has 6 nitrogen and oxygen atoms in total. The summed E-state index contributed by atoms with van der Waals surface area (Å²) in [6, 6.07) is 11.8. The van der Waals surface area contributed by atoms with Crippen molar-refractivity contribution in [2.24, 2.45) is 0 Å². The van der Waals surface area contributed by atoms with Gasteiger partial charge in [0.1, 0.15) is 0 Å². The van der Waals surface area contributed by atoms with Crippen LogP contribution in [0.3, 0.4) is 0 Å². The Morgan fingerprint density at radius 1 is 1.19 bits per heavy atom. The third kappa shape index (κ3) is 2.81. The summed E-state index contributed by atoms with van der Waals surface area (Å²) in [5.74, 6) is 0.0756. The van der Waals surface area contributed by atoms with Crippen LogP contribution in [0.1, 0.15) is 40.6 Å². The van der Waals surface area contributed by atoms with Crippen LogP contribution in [0.2, 0.25) is 0 Å². The van der Waals surface area contributed by atoms with Gasteiger partial charge in [0, 0.05) is 44.2 Å². The van der Waals surface area contributed by atoms with Crippen LogP contribution in [0, 0.1) is 6.92 Å². The lowest BCUT2D eigenvalue weighted by Gasteiger charge is -2.25. The first-order chi connectivity index (χ1) is 12.5. The number of hydrogen-bond acceptors (Lipinski definition) is 4. The monoisotopic (exact) mass is 349 g/mol. The fourth-order valence-corrected chi connectivity index (χ4v) is 3.67. The Morgan fingerprint density at radius 2 is 1.96 bits per heavy atom. The first-order valence-corrected chi connectivity index (χ1v) is 8.94. The van der Waals surface area contributed by atoms with Gasteiger partial charge in [-0.15, -0.1) is 0 Å². The Kier molecular flexibility index (Phi) is 4.11. The predicted molar refractivity (Wildman–Crippen MR) is 102 cm³/mol. The number of nitrogens with zero attached hydrogens (tertiary/aromatic N) is 5. The van der Waals surface area contributed by atoms with Crippen molar-refractivity contribution in [3.63, 3.8) is 0 Å². The minimum Gasteiger partial charge on any atom is -0.378 e. The van der Waals surface area contributed by atoms with Crippen LogP contribution in [-0.4, -0.2) is 46.0 Å². The van der Waals surface area contributed by atoms with Crippen LogP contribution in [0.25, 0.3) is 5.65 Å². The molecule has 0 spiro atoms. The Bertz CT molecular complexity index is 944. The van der Waals surface area contributed by atoms with Gasteiger partial charge < -0.3 is 9.80 Å². The number of aryl methyl sites for hydroxylation is 1. The molecule has 6 heteroatoms. The standard InChI is InChI=1S/C20H23N5O/c1-14-13-19-21-11-10-18(25(19)22-14)17-5-4-12-24(17)20(26)15-6-8-16(9-7-15)23(2)3/h6-11,13,17H,4-5,12H2,1-3H3/t17-/m1/s1. The van der Waals surface area contributed by atoms with Crippen LogP contribution in [0.5, 0.6) is 0 Å². The SMILES string of the molecule is Cc1cc2nccc([C@H]3CCCN3C(=O)c3ccc(N(C)C)cc3)n2n1. The van der Waals surface area contributed by atoms with Crippen molar-refractivity contribution in [2.75, 3.05) is 25.5 Å². The van der Waals surface area contributed by atoms with Crippen molar-refractivity contribution in [3.8, 4) is 0 Å². The number of carbonyl (C=O) groups excluding carboxylic acids is 1. The molecule has 1 aromatic carbocycles. The Hall–Kier alpha value is -2.89. The number of fused-ring (bicyclic) bond motifs is 1. The topological polar surface area (TPSA) is 53.7 Å². The molecule has 1 fully saturated rings. The average molecular weight is 349 g/mol. The molecule has 0 radical (unpaired) electrons. The van der Waals surface area contributed by atoms with E-state index in [2.05, 4.69) is 10.1 Å². The van der Waals surface area contributed by atoms with Crippen molar-refractivity contribution < 1.29 is 4.79 Å². The molecule has 3 heterocycles. The highest BCUT2D eigenvalue weighted by Crippen LogP contribution is 2.33. The normalized spacial score (nSPS) is 17.0. The van der Waals surface area contributed by atoms with Crippen molar-refractivity contribution in [3.05, 3.63) is 59.5 Å². The van der Waals surface area contributed by atoms with E-state index in [1.54, 1.807) is 6.20 Å². The van der Waals surface area contributed by atoms with Gasteiger partial charge in [0.05, 0.1) is 17.4 Å². The molecule has 2 aromatic heterocycles. The number of anilines is 1. The van der Waals surface area contributed by atoms with E-state index in [4.69, 9.17) is 0 Å². The number of amides is 1. The number of aromatic nitrogens is 3. The van der Waals surface area contributed by atoms with Crippen molar-refractivity contribution in [1.29, 1.82) is 0 Å². The van der Waals surface area contributed by atoms with E-state index in [9.17, 15) is 4.79 Å². The molecule has 1 saturated heterocycles. The van der Waals surface area contributed by atoms with Crippen LogP contribution in [0.4, 0.5) is 5.69 Å². The van der Waals surface area contributed by atoms with E-state index in [1.165, 1.54) is 0 Å². The van der Waals surface area contributed by atoms with E-state index < -0.39 is 0 Å². The molecule has 1 aliphatic rings. The number of rotatable bonds is 3. The molecule has 4 rings (SSSR count). The van der Waals surface area contributed by atoms with Crippen molar-refractivity contribution in [2.45, 2.75) is 25.8 Å². The fraction of sp³-hybridized carbons (Fsp3) is 0.350. The highest BCUT2D eigenvalue weighted by molar-refractivity contribution is 5.95. The Balaban J connectivity index is 1.66. The third-order valence-corrected chi connectivity index (χ3v) is 5.00. The van der Waals surface area contributed by atoms with E-state index in [0.29, 0.717) is 0 Å². The molecule has 3 aromatic rings. The second kappa shape index (κ2) is 6.44. The molecule has 26 heavy (non-hydrogen) atoms. The summed E-state index contributed by atoms with van der Waals surface area (Å²) in [4.78, 5) is 21.5. The number of hydrogen-bond donors (Lipinski definition) is 0. The lowest BCUT2D eigenvalue weighted by atomic mass is 10.1. The summed E-state index contributed by atoms with van der Waals surface area (Å²) < 4.78 is 1.88. The van der Waals surface area contributed by atoms with Gasteiger partial charge in [0.15, 0.2) is 5.65 Å². The smallest absolute Gasteiger partial charge is 0.254 e. The molecule has 1 atom stereocenters. The van der Waals surface area contributed by atoms with E-state index >= 15 is 0 Å². The quantitative estimate of drug-likeness (QED) is 0.729. The van der Waals surface area contributed by atoms with Crippen LogP contribution in [-0.2, 0) is 0 Å². The van der Waals surface area contributed by atoms with Gasteiger partial charge in [0.25, 0.3) is 5.91 Å². The Labute approximate surface area is 153 Å². The molecule has 134 valence electrons. The average Bonchev–Trinajstić information content (AvgIpc) is 3.26. The number of likely N-dealkylation sites (tertiary alicyclic amines) is 1. The van der Waals surface area contributed by atoms with Crippen molar-refractivity contribution in [1.82, 2.24) is 19.5 Å². The summed E-state index contributed by atoms with van der Waals surface area (Å²) in [6.07, 6.45) is 3.74. The molecular weight excluding hydrogens is 326 g/mol. The third-order valence-electron chi connectivity index (χ3n) is 5.00. The second-order valence-corrected chi connectivity index (χ2v) is 7.02. The molecule has 0 bridgehead atoms. The van der Waals surface area contributed by atoms with Crippen molar-refractivity contribution >= 4 is 17.2 Å². The van der Waals surface area contributed by atoms with E-state index in [1.807, 2.05) is 71.7 Å². The minimum absolute atomic E-state index is 0.0285.